The lowest BCUT2D eigenvalue weighted by Gasteiger charge is -2.32. The van der Waals surface area contributed by atoms with Crippen molar-refractivity contribution in [2.75, 3.05) is 0 Å². The number of rotatable bonds is 2. The summed E-state index contributed by atoms with van der Waals surface area (Å²) in [6, 6.07) is 9.06. The topological polar surface area (TPSA) is 20.7 Å². The van der Waals surface area contributed by atoms with Crippen LogP contribution in [-0.4, -0.2) is 9.55 Å². The zero-order valence-corrected chi connectivity index (χ0v) is 11.7. The Balaban J connectivity index is 2.12. The molecule has 0 aliphatic heterocycles. The summed E-state index contributed by atoms with van der Waals surface area (Å²) in [6.45, 7) is 2.31. The van der Waals surface area contributed by atoms with Crippen molar-refractivity contribution < 1.29 is 0 Å². The minimum absolute atomic E-state index is 0.590. The molecular formula is C15H20N2S. The summed E-state index contributed by atoms with van der Waals surface area (Å²) in [4.78, 5) is 3.35. The molecule has 3 heteroatoms. The summed E-state index contributed by atoms with van der Waals surface area (Å²) >= 11 is 5.54. The predicted octanol–water partition coefficient (Wildman–Crippen LogP) is 4.84. The van der Waals surface area contributed by atoms with E-state index in [1.165, 1.54) is 43.1 Å². The van der Waals surface area contributed by atoms with Gasteiger partial charge in [0.1, 0.15) is 0 Å². The fourth-order valence-electron chi connectivity index (χ4n) is 3.41. The van der Waals surface area contributed by atoms with Crippen molar-refractivity contribution in [2.45, 2.75) is 45.1 Å². The molecule has 3 rings (SSSR count). The Morgan fingerprint density at radius 3 is 2.89 bits per heavy atom. The van der Waals surface area contributed by atoms with E-state index in [-0.39, 0.29) is 0 Å². The molecule has 0 spiro atoms. The summed E-state index contributed by atoms with van der Waals surface area (Å²) in [7, 11) is 0. The summed E-state index contributed by atoms with van der Waals surface area (Å²) < 4.78 is 3.26. The first kappa shape index (κ1) is 12.0. The maximum absolute atomic E-state index is 5.54. The van der Waals surface area contributed by atoms with Crippen LogP contribution >= 0.6 is 12.2 Å². The van der Waals surface area contributed by atoms with Gasteiger partial charge in [-0.3, -0.25) is 0 Å². The van der Waals surface area contributed by atoms with Crippen molar-refractivity contribution in [3.05, 3.63) is 29.0 Å². The second-order valence-electron chi connectivity index (χ2n) is 5.34. The number of benzene rings is 1. The van der Waals surface area contributed by atoms with Gasteiger partial charge in [-0.1, -0.05) is 38.3 Å². The zero-order valence-electron chi connectivity index (χ0n) is 10.9. The molecule has 1 aromatic heterocycles. The molecule has 1 fully saturated rings. The lowest BCUT2D eigenvalue weighted by Crippen LogP contribution is -2.22. The van der Waals surface area contributed by atoms with Gasteiger partial charge >= 0.3 is 0 Å². The number of nitrogens with zero attached hydrogens (tertiary/aromatic N) is 1. The number of hydrogen-bond donors (Lipinski definition) is 1. The summed E-state index contributed by atoms with van der Waals surface area (Å²) in [5.74, 6) is 0.782. The minimum atomic E-state index is 0.590. The molecule has 2 aromatic rings. The lowest BCUT2D eigenvalue weighted by atomic mass is 9.82. The Bertz CT molecular complexity index is 596. The van der Waals surface area contributed by atoms with Gasteiger partial charge < -0.3 is 9.55 Å². The molecule has 1 aliphatic carbocycles. The second kappa shape index (κ2) is 4.88. The fraction of sp³-hybridized carbons (Fsp3) is 0.533. The van der Waals surface area contributed by atoms with Crippen molar-refractivity contribution in [1.29, 1.82) is 0 Å². The first-order chi connectivity index (χ1) is 8.81. The number of fused-ring (bicyclic) bond motifs is 1. The summed E-state index contributed by atoms with van der Waals surface area (Å²) in [5.41, 5.74) is 2.44. The van der Waals surface area contributed by atoms with Crippen molar-refractivity contribution in [1.82, 2.24) is 9.55 Å². The van der Waals surface area contributed by atoms with Gasteiger partial charge in [-0.05, 0) is 43.1 Å². The number of aromatic nitrogens is 2. The molecule has 1 N–H and O–H groups in total. The van der Waals surface area contributed by atoms with E-state index in [1.54, 1.807) is 0 Å². The van der Waals surface area contributed by atoms with Crippen LogP contribution in [0.2, 0.25) is 0 Å². The molecule has 2 unspecified atom stereocenters. The van der Waals surface area contributed by atoms with Gasteiger partial charge in [-0.15, -0.1) is 0 Å². The molecule has 0 amide bonds. The Labute approximate surface area is 113 Å². The highest BCUT2D eigenvalue weighted by Crippen LogP contribution is 2.37. The SMILES string of the molecule is CCC1CCCCC1n1c(=S)[nH]c2ccccc21. The van der Waals surface area contributed by atoms with Crippen LogP contribution in [0.4, 0.5) is 0 Å². The average molecular weight is 260 g/mol. The highest BCUT2D eigenvalue weighted by atomic mass is 32.1. The van der Waals surface area contributed by atoms with Gasteiger partial charge in [0.25, 0.3) is 0 Å². The lowest BCUT2D eigenvalue weighted by molar-refractivity contribution is 0.235. The zero-order chi connectivity index (χ0) is 12.5. The molecule has 1 aromatic carbocycles. The predicted molar refractivity (Wildman–Crippen MR) is 78.4 cm³/mol. The number of imidazole rings is 1. The van der Waals surface area contributed by atoms with Crippen LogP contribution in [-0.2, 0) is 0 Å². The molecule has 0 saturated heterocycles. The van der Waals surface area contributed by atoms with E-state index in [1.807, 2.05) is 0 Å². The van der Waals surface area contributed by atoms with Crippen molar-refractivity contribution in [3.8, 4) is 0 Å². The molecular weight excluding hydrogens is 240 g/mol. The number of H-pyrrole nitrogens is 1. The van der Waals surface area contributed by atoms with Crippen molar-refractivity contribution in [3.63, 3.8) is 0 Å². The van der Waals surface area contributed by atoms with Crippen molar-refractivity contribution in [2.24, 2.45) is 5.92 Å². The summed E-state index contributed by atoms with van der Waals surface area (Å²) in [5, 5.41) is 0. The van der Waals surface area contributed by atoms with Crippen LogP contribution in [0.15, 0.2) is 24.3 Å². The van der Waals surface area contributed by atoms with Crippen molar-refractivity contribution >= 4 is 23.3 Å². The Kier molecular flexibility index (Phi) is 3.25. The fourth-order valence-corrected chi connectivity index (χ4v) is 3.75. The molecule has 1 saturated carbocycles. The highest BCUT2D eigenvalue weighted by Gasteiger charge is 2.26. The van der Waals surface area contributed by atoms with E-state index in [0.29, 0.717) is 6.04 Å². The monoisotopic (exact) mass is 260 g/mol. The molecule has 0 bridgehead atoms. The van der Waals surface area contributed by atoms with E-state index in [0.717, 1.165) is 10.7 Å². The number of para-hydroxylation sites is 2. The van der Waals surface area contributed by atoms with E-state index in [2.05, 4.69) is 40.7 Å². The quantitative estimate of drug-likeness (QED) is 0.766. The maximum Gasteiger partial charge on any atom is 0.178 e. The number of aromatic amines is 1. The van der Waals surface area contributed by atoms with Crippen LogP contribution in [0.5, 0.6) is 0 Å². The molecule has 1 heterocycles. The molecule has 18 heavy (non-hydrogen) atoms. The standard InChI is InChI=1S/C15H20N2S/c1-2-11-7-3-5-9-13(11)17-14-10-6-4-8-12(14)16-15(17)18/h4,6,8,10-11,13H,2-3,5,7,9H2,1H3,(H,16,18). The molecule has 1 aliphatic rings. The first-order valence-corrected chi connectivity index (χ1v) is 7.41. The maximum atomic E-state index is 5.54. The van der Waals surface area contributed by atoms with Crippen LogP contribution in [0.3, 0.4) is 0 Å². The summed E-state index contributed by atoms with van der Waals surface area (Å²) in [6.07, 6.45) is 6.59. The van der Waals surface area contributed by atoms with E-state index in [9.17, 15) is 0 Å². The van der Waals surface area contributed by atoms with Crippen LogP contribution in [0.25, 0.3) is 11.0 Å². The van der Waals surface area contributed by atoms with Gasteiger partial charge in [0.05, 0.1) is 11.0 Å². The third-order valence-electron chi connectivity index (χ3n) is 4.35. The second-order valence-corrected chi connectivity index (χ2v) is 5.72. The Hall–Kier alpha value is -1.09. The number of nitrogens with one attached hydrogen (secondary N) is 1. The molecule has 0 radical (unpaired) electrons. The van der Waals surface area contributed by atoms with Gasteiger partial charge in [0.15, 0.2) is 4.77 Å². The van der Waals surface area contributed by atoms with Crippen LogP contribution in [0.1, 0.15) is 45.1 Å². The Morgan fingerprint density at radius 2 is 2.06 bits per heavy atom. The van der Waals surface area contributed by atoms with Gasteiger partial charge in [-0.2, -0.15) is 0 Å². The average Bonchev–Trinajstić information content (AvgIpc) is 2.74. The van der Waals surface area contributed by atoms with E-state index in [4.69, 9.17) is 12.2 Å². The molecule has 2 atom stereocenters. The van der Waals surface area contributed by atoms with E-state index < -0.39 is 0 Å². The smallest absolute Gasteiger partial charge is 0.178 e. The number of hydrogen-bond acceptors (Lipinski definition) is 1. The minimum Gasteiger partial charge on any atom is -0.331 e. The van der Waals surface area contributed by atoms with Gasteiger partial charge in [-0.25, -0.2) is 0 Å². The normalized spacial score (nSPS) is 24.5. The van der Waals surface area contributed by atoms with Gasteiger partial charge in [0.2, 0.25) is 0 Å². The van der Waals surface area contributed by atoms with Gasteiger partial charge in [0, 0.05) is 6.04 Å². The van der Waals surface area contributed by atoms with E-state index >= 15 is 0 Å². The largest absolute Gasteiger partial charge is 0.331 e. The molecule has 96 valence electrons. The van der Waals surface area contributed by atoms with Crippen LogP contribution in [0, 0.1) is 10.7 Å². The first-order valence-electron chi connectivity index (χ1n) is 7.00. The molecule has 2 nitrogen and oxygen atoms in total. The third-order valence-corrected chi connectivity index (χ3v) is 4.65. The Morgan fingerprint density at radius 1 is 1.28 bits per heavy atom. The third kappa shape index (κ3) is 1.91. The van der Waals surface area contributed by atoms with Crippen LogP contribution < -0.4 is 0 Å². The highest BCUT2D eigenvalue weighted by molar-refractivity contribution is 7.71.